The molecule has 174 valence electrons. The van der Waals surface area contributed by atoms with E-state index in [2.05, 4.69) is 15.6 Å². The molecule has 12 heteroatoms. The van der Waals surface area contributed by atoms with E-state index in [1.165, 1.54) is 35.2 Å². The Hall–Kier alpha value is -4.03. The Morgan fingerprint density at radius 2 is 1.88 bits per heavy atom. The number of carboxylic acid groups (broad SMARTS) is 1. The van der Waals surface area contributed by atoms with Gasteiger partial charge in [0, 0.05) is 45.8 Å². The smallest absolute Gasteiger partial charge is 0.328 e. The van der Waals surface area contributed by atoms with E-state index < -0.39 is 22.0 Å². The molecule has 3 aromatic rings. The van der Waals surface area contributed by atoms with E-state index >= 15 is 0 Å². The maximum Gasteiger partial charge on any atom is 0.328 e. The summed E-state index contributed by atoms with van der Waals surface area (Å²) in [6.45, 7) is 1.74. The van der Waals surface area contributed by atoms with Gasteiger partial charge in [0.1, 0.15) is 0 Å². The van der Waals surface area contributed by atoms with Gasteiger partial charge in [-0.15, -0.1) is 23.1 Å². The fourth-order valence-electron chi connectivity index (χ4n) is 2.65. The quantitative estimate of drug-likeness (QED) is 0.170. The zero-order valence-corrected chi connectivity index (χ0v) is 19.3. The van der Waals surface area contributed by atoms with Gasteiger partial charge in [0.05, 0.1) is 15.9 Å². The third-order valence-corrected chi connectivity index (χ3v) is 6.14. The maximum atomic E-state index is 12.6. The molecular weight excluding hydrogens is 480 g/mol. The monoisotopic (exact) mass is 498 g/mol. The predicted molar refractivity (Wildman–Crippen MR) is 130 cm³/mol. The summed E-state index contributed by atoms with van der Waals surface area (Å²) >= 11 is 2.53. The standard InChI is InChI=1S/C22H18N4O6S2/c1-13(34-17-7-5-15(6-8-17)23-19(27)9-10-20(28)29)21(30)25-22-24-18(12-33-22)14-3-2-4-16(11-14)26(31)32/h2-13H,1H3,(H,23,27)(H,28,29)(H,24,25,30)/b10-9+. The number of non-ortho nitro benzene ring substituents is 1. The number of aliphatic carboxylic acids is 1. The van der Waals surface area contributed by atoms with E-state index in [0.717, 1.165) is 17.0 Å². The van der Waals surface area contributed by atoms with E-state index in [-0.39, 0.29) is 11.6 Å². The van der Waals surface area contributed by atoms with Gasteiger partial charge in [-0.2, -0.15) is 0 Å². The third-order valence-electron chi connectivity index (χ3n) is 4.27. The van der Waals surface area contributed by atoms with Crippen molar-refractivity contribution in [1.82, 2.24) is 4.98 Å². The molecule has 1 atom stereocenters. The van der Waals surface area contributed by atoms with Gasteiger partial charge in [-0.1, -0.05) is 12.1 Å². The molecule has 2 amide bonds. The molecule has 0 radical (unpaired) electrons. The van der Waals surface area contributed by atoms with Crippen LogP contribution in [-0.2, 0) is 14.4 Å². The van der Waals surface area contributed by atoms with Crippen molar-refractivity contribution in [2.75, 3.05) is 10.6 Å². The summed E-state index contributed by atoms with van der Waals surface area (Å²) in [5.74, 6) is -2.04. The van der Waals surface area contributed by atoms with E-state index in [4.69, 9.17) is 5.11 Å². The van der Waals surface area contributed by atoms with Crippen LogP contribution in [-0.4, -0.2) is 38.0 Å². The number of hydrogen-bond donors (Lipinski definition) is 3. The fourth-order valence-corrected chi connectivity index (χ4v) is 4.24. The molecule has 0 saturated heterocycles. The van der Waals surface area contributed by atoms with Crippen molar-refractivity contribution >= 4 is 57.4 Å². The molecule has 0 bridgehead atoms. The number of thioether (sulfide) groups is 1. The topological polar surface area (TPSA) is 152 Å². The lowest BCUT2D eigenvalue weighted by atomic mass is 10.1. The SMILES string of the molecule is CC(Sc1ccc(NC(=O)/C=C/C(=O)O)cc1)C(=O)Nc1nc(-c2cccc([N+](=O)[O-])c2)cs1. The summed E-state index contributed by atoms with van der Waals surface area (Å²) in [4.78, 5) is 50.3. The Bertz CT molecular complexity index is 1260. The Morgan fingerprint density at radius 1 is 1.15 bits per heavy atom. The average Bonchev–Trinajstić information content (AvgIpc) is 3.27. The Kier molecular flexibility index (Phi) is 8.11. The van der Waals surface area contributed by atoms with E-state index in [1.807, 2.05) is 0 Å². The molecule has 1 aromatic heterocycles. The number of thiazole rings is 1. The molecule has 3 N–H and O–H groups in total. The van der Waals surface area contributed by atoms with Gasteiger partial charge in [0.2, 0.25) is 11.8 Å². The first-order valence-electron chi connectivity index (χ1n) is 9.71. The second-order valence-electron chi connectivity index (χ2n) is 6.78. The van der Waals surface area contributed by atoms with Gasteiger partial charge in [-0.3, -0.25) is 19.7 Å². The minimum Gasteiger partial charge on any atom is -0.478 e. The highest BCUT2D eigenvalue weighted by Gasteiger charge is 2.17. The number of carboxylic acids is 1. The van der Waals surface area contributed by atoms with Crippen molar-refractivity contribution in [2.45, 2.75) is 17.1 Å². The number of carbonyl (C=O) groups excluding carboxylic acids is 2. The van der Waals surface area contributed by atoms with Gasteiger partial charge in [-0.25, -0.2) is 9.78 Å². The van der Waals surface area contributed by atoms with Gasteiger partial charge in [-0.05, 0) is 31.2 Å². The lowest BCUT2D eigenvalue weighted by Crippen LogP contribution is -2.22. The maximum absolute atomic E-state index is 12.6. The van der Waals surface area contributed by atoms with Crippen molar-refractivity contribution in [3.05, 3.63) is 76.2 Å². The molecule has 0 spiro atoms. The van der Waals surface area contributed by atoms with Crippen molar-refractivity contribution < 1.29 is 24.4 Å². The van der Waals surface area contributed by atoms with Crippen LogP contribution in [0.2, 0.25) is 0 Å². The molecule has 0 aliphatic heterocycles. The van der Waals surface area contributed by atoms with Crippen LogP contribution in [0.4, 0.5) is 16.5 Å². The first kappa shape index (κ1) is 24.6. The highest BCUT2D eigenvalue weighted by atomic mass is 32.2. The molecule has 3 rings (SSSR count). The lowest BCUT2D eigenvalue weighted by molar-refractivity contribution is -0.384. The zero-order valence-electron chi connectivity index (χ0n) is 17.6. The lowest BCUT2D eigenvalue weighted by Gasteiger charge is -2.11. The van der Waals surface area contributed by atoms with Crippen molar-refractivity contribution in [3.63, 3.8) is 0 Å². The van der Waals surface area contributed by atoms with E-state index in [9.17, 15) is 24.5 Å². The molecule has 2 aromatic carbocycles. The second kappa shape index (κ2) is 11.2. The number of anilines is 2. The number of hydrogen-bond acceptors (Lipinski definition) is 8. The third kappa shape index (κ3) is 6.98. The normalized spacial score (nSPS) is 11.7. The van der Waals surface area contributed by atoms with E-state index in [0.29, 0.717) is 22.1 Å². The average molecular weight is 499 g/mol. The van der Waals surface area contributed by atoms with Crippen LogP contribution in [0.15, 0.2) is 71.0 Å². The number of rotatable bonds is 9. The Balaban J connectivity index is 1.56. The van der Waals surface area contributed by atoms with Crippen LogP contribution in [0.5, 0.6) is 0 Å². The van der Waals surface area contributed by atoms with Crippen molar-refractivity contribution in [3.8, 4) is 11.3 Å². The number of nitrogens with one attached hydrogen (secondary N) is 2. The molecule has 10 nitrogen and oxygen atoms in total. The number of carbonyl (C=O) groups is 3. The van der Waals surface area contributed by atoms with E-state index in [1.54, 1.807) is 48.7 Å². The number of nitro benzene ring substituents is 1. The molecule has 0 aliphatic carbocycles. The molecule has 1 heterocycles. The summed E-state index contributed by atoms with van der Waals surface area (Å²) in [7, 11) is 0. The van der Waals surface area contributed by atoms with Gasteiger partial charge < -0.3 is 15.7 Å². The van der Waals surface area contributed by atoms with Gasteiger partial charge in [0.25, 0.3) is 5.69 Å². The van der Waals surface area contributed by atoms with Crippen LogP contribution in [0.1, 0.15) is 6.92 Å². The highest BCUT2D eigenvalue weighted by molar-refractivity contribution is 8.00. The second-order valence-corrected chi connectivity index (χ2v) is 9.05. The highest BCUT2D eigenvalue weighted by Crippen LogP contribution is 2.29. The van der Waals surface area contributed by atoms with Crippen molar-refractivity contribution in [1.29, 1.82) is 0 Å². The van der Waals surface area contributed by atoms with Crippen LogP contribution in [0, 0.1) is 10.1 Å². The number of nitrogens with zero attached hydrogens (tertiary/aromatic N) is 2. The summed E-state index contributed by atoms with van der Waals surface area (Å²) in [5, 5.41) is 26.4. The number of benzene rings is 2. The number of amides is 2. The van der Waals surface area contributed by atoms with Crippen LogP contribution >= 0.6 is 23.1 Å². The fraction of sp³-hybridized carbons (Fsp3) is 0.0909. The molecule has 0 fully saturated rings. The minimum absolute atomic E-state index is 0.0385. The molecule has 34 heavy (non-hydrogen) atoms. The van der Waals surface area contributed by atoms with Crippen LogP contribution < -0.4 is 10.6 Å². The molecule has 0 saturated carbocycles. The van der Waals surface area contributed by atoms with Gasteiger partial charge >= 0.3 is 5.97 Å². The number of aromatic nitrogens is 1. The van der Waals surface area contributed by atoms with Crippen LogP contribution in [0.25, 0.3) is 11.3 Å². The first-order valence-corrected chi connectivity index (χ1v) is 11.5. The molecular formula is C22H18N4O6S2. The summed E-state index contributed by atoms with van der Waals surface area (Å²) in [6.07, 6.45) is 1.66. The summed E-state index contributed by atoms with van der Waals surface area (Å²) < 4.78 is 0. The Labute approximate surface area is 201 Å². The first-order chi connectivity index (χ1) is 16.2. The minimum atomic E-state index is -1.22. The predicted octanol–water partition coefficient (Wildman–Crippen LogP) is 4.42. The van der Waals surface area contributed by atoms with Crippen LogP contribution in [0.3, 0.4) is 0 Å². The van der Waals surface area contributed by atoms with Gasteiger partial charge in [0.15, 0.2) is 5.13 Å². The summed E-state index contributed by atoms with van der Waals surface area (Å²) in [5.41, 5.74) is 1.56. The molecule has 1 unspecified atom stereocenters. The largest absolute Gasteiger partial charge is 0.478 e. The van der Waals surface area contributed by atoms with Crippen molar-refractivity contribution in [2.24, 2.45) is 0 Å². The number of nitro groups is 1. The summed E-state index contributed by atoms with van der Waals surface area (Å²) in [6, 6.07) is 12.9. The zero-order chi connectivity index (χ0) is 24.7. The Morgan fingerprint density at radius 3 is 2.56 bits per heavy atom. The molecule has 0 aliphatic rings.